The lowest BCUT2D eigenvalue weighted by atomic mass is 9.94. The highest BCUT2D eigenvalue weighted by Gasteiger charge is 2.28. The second kappa shape index (κ2) is 9.23. The number of para-hydroxylation sites is 1. The van der Waals surface area contributed by atoms with Crippen LogP contribution in [0.3, 0.4) is 0 Å². The van der Waals surface area contributed by atoms with Gasteiger partial charge in [0.15, 0.2) is 0 Å². The molecule has 3 fully saturated rings. The average Bonchev–Trinajstić information content (AvgIpc) is 2.75. The fourth-order valence-electron chi connectivity index (χ4n) is 4.93. The molecule has 0 spiro atoms. The lowest BCUT2D eigenvalue weighted by Gasteiger charge is -2.41. The summed E-state index contributed by atoms with van der Waals surface area (Å²) in [5.41, 5.74) is 0.673. The Morgan fingerprint density at radius 1 is 0.893 bits per heavy atom. The Morgan fingerprint density at radius 2 is 1.57 bits per heavy atom. The van der Waals surface area contributed by atoms with Crippen LogP contribution in [0.15, 0.2) is 24.3 Å². The second-order valence-corrected chi connectivity index (χ2v) is 8.42. The van der Waals surface area contributed by atoms with Crippen LogP contribution in [0.25, 0.3) is 0 Å². The summed E-state index contributed by atoms with van der Waals surface area (Å²) in [6.07, 6.45) is 6.78. The highest BCUT2D eigenvalue weighted by atomic mass is 19.1. The topological polar surface area (TPSA) is 30.0 Å². The largest absolute Gasteiger partial charge is 0.367 e. The highest BCUT2D eigenvalue weighted by molar-refractivity contribution is 5.78. The van der Waals surface area contributed by atoms with E-state index in [0.29, 0.717) is 12.2 Å². The maximum Gasteiger partial charge on any atom is 0.236 e. The van der Waals surface area contributed by atoms with Crippen molar-refractivity contribution in [3.05, 3.63) is 30.1 Å². The minimum Gasteiger partial charge on any atom is -0.367 e. The third kappa shape index (κ3) is 4.66. The minimum atomic E-state index is -0.164. The molecule has 0 aromatic heterocycles. The van der Waals surface area contributed by atoms with Crippen LogP contribution >= 0.6 is 0 Å². The Kier molecular flexibility index (Phi) is 6.47. The molecule has 0 unspecified atom stereocenters. The van der Waals surface area contributed by atoms with Gasteiger partial charge >= 0.3 is 0 Å². The van der Waals surface area contributed by atoms with E-state index >= 15 is 0 Å². The number of halogens is 1. The molecule has 2 saturated heterocycles. The van der Waals surface area contributed by atoms with Crippen molar-refractivity contribution in [2.75, 3.05) is 63.8 Å². The van der Waals surface area contributed by atoms with Crippen LogP contribution in [0.4, 0.5) is 10.1 Å². The number of carbonyl (C=O) groups is 1. The zero-order valence-electron chi connectivity index (χ0n) is 16.9. The third-order valence-corrected chi connectivity index (χ3v) is 6.68. The van der Waals surface area contributed by atoms with Crippen molar-refractivity contribution < 1.29 is 9.18 Å². The van der Waals surface area contributed by atoms with Gasteiger partial charge in [-0.05, 0) is 25.0 Å². The predicted octanol–water partition coefficient (Wildman–Crippen LogP) is 2.42. The Balaban J connectivity index is 1.20. The number of rotatable bonds is 4. The molecule has 1 saturated carbocycles. The van der Waals surface area contributed by atoms with Gasteiger partial charge in [-0.25, -0.2) is 4.39 Å². The number of nitrogens with zero attached hydrogens (tertiary/aromatic N) is 4. The van der Waals surface area contributed by atoms with Gasteiger partial charge in [0.25, 0.3) is 0 Å². The van der Waals surface area contributed by atoms with Crippen LogP contribution in [-0.4, -0.2) is 85.6 Å². The highest BCUT2D eigenvalue weighted by Crippen LogP contribution is 2.24. The van der Waals surface area contributed by atoms with E-state index in [1.165, 1.54) is 38.2 Å². The van der Waals surface area contributed by atoms with Crippen LogP contribution in [0.5, 0.6) is 0 Å². The average molecular weight is 389 g/mol. The summed E-state index contributed by atoms with van der Waals surface area (Å²) in [4.78, 5) is 21.7. The van der Waals surface area contributed by atoms with Crippen LogP contribution in [-0.2, 0) is 4.79 Å². The molecule has 2 heterocycles. The summed E-state index contributed by atoms with van der Waals surface area (Å²) < 4.78 is 14.0. The van der Waals surface area contributed by atoms with Gasteiger partial charge in [-0.3, -0.25) is 14.6 Å². The van der Waals surface area contributed by atoms with Crippen molar-refractivity contribution in [2.24, 2.45) is 0 Å². The fraction of sp³-hybridized carbons (Fsp3) is 0.682. The first-order valence-electron chi connectivity index (χ1n) is 10.9. The summed E-state index contributed by atoms with van der Waals surface area (Å²) in [6, 6.07) is 7.70. The monoisotopic (exact) mass is 388 g/mol. The maximum absolute atomic E-state index is 14.0. The van der Waals surface area contributed by atoms with Gasteiger partial charge in [-0.2, -0.15) is 0 Å². The van der Waals surface area contributed by atoms with E-state index in [0.717, 1.165) is 58.4 Å². The van der Waals surface area contributed by atoms with Crippen molar-refractivity contribution in [2.45, 2.75) is 38.1 Å². The Hall–Kier alpha value is -1.66. The second-order valence-electron chi connectivity index (χ2n) is 8.42. The van der Waals surface area contributed by atoms with Gasteiger partial charge in [0.1, 0.15) is 5.82 Å². The molecule has 6 heteroatoms. The summed E-state index contributed by atoms with van der Waals surface area (Å²) in [7, 11) is 0. The molecule has 5 nitrogen and oxygen atoms in total. The minimum absolute atomic E-state index is 0.164. The Labute approximate surface area is 168 Å². The van der Waals surface area contributed by atoms with Gasteiger partial charge in [0.05, 0.1) is 12.2 Å². The molecule has 0 bridgehead atoms. The molecule has 2 aliphatic heterocycles. The van der Waals surface area contributed by atoms with Crippen molar-refractivity contribution in [1.82, 2.24) is 14.7 Å². The number of piperazine rings is 2. The molecule has 0 atom stereocenters. The Morgan fingerprint density at radius 3 is 2.25 bits per heavy atom. The fourth-order valence-corrected chi connectivity index (χ4v) is 4.93. The Bertz CT molecular complexity index is 648. The normalized spacial score (nSPS) is 23.2. The van der Waals surface area contributed by atoms with Gasteiger partial charge in [0, 0.05) is 58.4 Å². The quantitative estimate of drug-likeness (QED) is 0.793. The third-order valence-electron chi connectivity index (χ3n) is 6.68. The van der Waals surface area contributed by atoms with Crippen LogP contribution in [0.1, 0.15) is 32.1 Å². The van der Waals surface area contributed by atoms with Gasteiger partial charge < -0.3 is 9.80 Å². The van der Waals surface area contributed by atoms with E-state index in [-0.39, 0.29) is 11.7 Å². The van der Waals surface area contributed by atoms with E-state index in [2.05, 4.69) is 14.7 Å². The molecule has 1 aliphatic carbocycles. The molecule has 154 valence electrons. The van der Waals surface area contributed by atoms with E-state index in [9.17, 15) is 9.18 Å². The molecular weight excluding hydrogens is 355 g/mol. The molecule has 0 radical (unpaired) electrons. The first kappa shape index (κ1) is 19.6. The molecule has 1 aromatic rings. The van der Waals surface area contributed by atoms with Crippen molar-refractivity contribution in [3.63, 3.8) is 0 Å². The molecule has 28 heavy (non-hydrogen) atoms. The number of hydrogen-bond donors (Lipinski definition) is 0. The first-order chi connectivity index (χ1) is 13.7. The summed E-state index contributed by atoms with van der Waals surface area (Å²) >= 11 is 0. The SMILES string of the molecule is O=C(CN1CCN(c2ccccc2F)CC1)N1CCN(C2CCCCC2)CC1. The summed E-state index contributed by atoms with van der Waals surface area (Å²) in [5.74, 6) is 0.0884. The summed E-state index contributed by atoms with van der Waals surface area (Å²) in [5, 5.41) is 0. The standard InChI is InChI=1S/C22H33FN4O/c23-20-8-4-5-9-21(20)26-12-10-24(11-13-26)18-22(28)27-16-14-25(15-17-27)19-6-2-1-3-7-19/h4-5,8-9,19H,1-3,6-7,10-18H2. The zero-order valence-corrected chi connectivity index (χ0v) is 16.9. The number of anilines is 1. The molecule has 3 aliphatic rings. The molecule has 1 amide bonds. The van der Waals surface area contributed by atoms with Crippen molar-refractivity contribution in [3.8, 4) is 0 Å². The molecule has 4 rings (SSSR count). The zero-order chi connectivity index (χ0) is 19.3. The number of carbonyl (C=O) groups excluding carboxylic acids is 1. The number of amides is 1. The van der Waals surface area contributed by atoms with Gasteiger partial charge in [-0.1, -0.05) is 31.4 Å². The lowest BCUT2D eigenvalue weighted by molar-refractivity contribution is -0.134. The molecule has 0 N–H and O–H groups in total. The molecule has 1 aromatic carbocycles. The first-order valence-corrected chi connectivity index (χ1v) is 10.9. The van der Waals surface area contributed by atoms with Crippen LogP contribution < -0.4 is 4.90 Å². The van der Waals surface area contributed by atoms with Gasteiger partial charge in [-0.15, -0.1) is 0 Å². The molecular formula is C22H33FN4O. The smallest absolute Gasteiger partial charge is 0.236 e. The van der Waals surface area contributed by atoms with E-state index in [1.807, 2.05) is 17.0 Å². The van der Waals surface area contributed by atoms with Crippen LogP contribution in [0, 0.1) is 5.82 Å². The van der Waals surface area contributed by atoms with Crippen LogP contribution in [0.2, 0.25) is 0 Å². The maximum atomic E-state index is 14.0. The number of hydrogen-bond acceptors (Lipinski definition) is 4. The van der Waals surface area contributed by atoms with E-state index < -0.39 is 0 Å². The van der Waals surface area contributed by atoms with Crippen molar-refractivity contribution in [1.29, 1.82) is 0 Å². The predicted molar refractivity (Wildman–Crippen MR) is 110 cm³/mol. The number of benzene rings is 1. The summed E-state index contributed by atoms with van der Waals surface area (Å²) in [6.45, 7) is 7.43. The van der Waals surface area contributed by atoms with E-state index in [1.54, 1.807) is 6.07 Å². The lowest BCUT2D eigenvalue weighted by Crippen LogP contribution is -2.55. The van der Waals surface area contributed by atoms with Crippen molar-refractivity contribution >= 4 is 11.6 Å². The van der Waals surface area contributed by atoms with Gasteiger partial charge in [0.2, 0.25) is 5.91 Å². The van der Waals surface area contributed by atoms with E-state index in [4.69, 9.17) is 0 Å².